The van der Waals surface area contributed by atoms with E-state index in [4.69, 9.17) is 9.47 Å². The van der Waals surface area contributed by atoms with Gasteiger partial charge in [-0.25, -0.2) is 0 Å². The third-order valence-corrected chi connectivity index (χ3v) is 4.58. The largest absolute Gasteiger partial charge is 0.497 e. The maximum atomic E-state index is 12.9. The quantitative estimate of drug-likeness (QED) is 0.566. The van der Waals surface area contributed by atoms with Crippen molar-refractivity contribution >= 4 is 11.7 Å². The Bertz CT molecular complexity index is 809. The summed E-state index contributed by atoms with van der Waals surface area (Å²) < 4.78 is 10.7. The molecule has 0 aliphatic heterocycles. The van der Waals surface area contributed by atoms with E-state index in [-0.39, 0.29) is 6.04 Å². The molecule has 1 aliphatic carbocycles. The van der Waals surface area contributed by atoms with E-state index in [2.05, 4.69) is 0 Å². The second-order valence-corrected chi connectivity index (χ2v) is 6.54. The molecule has 2 aromatic rings. The van der Waals surface area contributed by atoms with Crippen molar-refractivity contribution in [1.82, 2.24) is 4.90 Å². The molecule has 0 N–H and O–H groups in total. The van der Waals surface area contributed by atoms with E-state index in [0.29, 0.717) is 23.6 Å². The number of amides is 1. The number of rotatable bonds is 7. The Morgan fingerprint density at radius 2 is 1.73 bits per heavy atom. The van der Waals surface area contributed by atoms with Gasteiger partial charge < -0.3 is 14.4 Å². The first-order valence-electron chi connectivity index (χ1n) is 8.66. The molecule has 5 nitrogen and oxygen atoms in total. The predicted molar refractivity (Wildman–Crippen MR) is 98.6 cm³/mol. The summed E-state index contributed by atoms with van der Waals surface area (Å²) in [7, 11) is 3.18. The first-order chi connectivity index (χ1) is 12.5. The minimum absolute atomic E-state index is 0.104. The van der Waals surface area contributed by atoms with Crippen LogP contribution < -0.4 is 9.47 Å². The van der Waals surface area contributed by atoms with Crippen LogP contribution in [0.5, 0.6) is 11.5 Å². The Kier molecular flexibility index (Phi) is 5.26. The Hall–Kier alpha value is -2.82. The number of nitrogens with zero attached hydrogens (tertiary/aromatic N) is 1. The summed E-state index contributed by atoms with van der Waals surface area (Å²) >= 11 is 0. The highest BCUT2D eigenvalue weighted by atomic mass is 16.5. The third-order valence-electron chi connectivity index (χ3n) is 4.58. The zero-order valence-electron chi connectivity index (χ0n) is 15.3. The summed E-state index contributed by atoms with van der Waals surface area (Å²) in [5, 5.41) is 0. The number of Topliss-reactive ketones (excluding diaryl/α,β-unsaturated/α-hetero) is 1. The fourth-order valence-corrected chi connectivity index (χ4v) is 2.90. The van der Waals surface area contributed by atoms with E-state index >= 15 is 0 Å². The lowest BCUT2D eigenvalue weighted by Gasteiger charge is -2.23. The van der Waals surface area contributed by atoms with Crippen molar-refractivity contribution in [2.75, 3.05) is 14.2 Å². The van der Waals surface area contributed by atoms with Crippen LogP contribution in [0, 0.1) is 6.92 Å². The summed E-state index contributed by atoms with van der Waals surface area (Å²) in [4.78, 5) is 27.2. The normalized spacial score (nSPS) is 13.2. The summed E-state index contributed by atoms with van der Waals surface area (Å²) in [6, 6.07) is 12.7. The third kappa shape index (κ3) is 3.87. The predicted octanol–water partition coefficient (Wildman–Crippen LogP) is 3.39. The fraction of sp³-hybridized carbons (Fsp3) is 0.333. The number of benzene rings is 2. The van der Waals surface area contributed by atoms with Crippen LogP contribution in [0.2, 0.25) is 0 Å². The van der Waals surface area contributed by atoms with Gasteiger partial charge in [0.05, 0.1) is 20.8 Å². The number of methoxy groups -OCH3 is 2. The SMILES string of the molecule is COc1ccc(OC)c(CN(C(=O)C(=O)c2ccc(C)cc2)C2CC2)c1. The van der Waals surface area contributed by atoms with Gasteiger partial charge in [0.25, 0.3) is 5.91 Å². The molecule has 1 aliphatic rings. The number of ketones is 1. The molecule has 0 spiro atoms. The molecule has 0 bridgehead atoms. The van der Waals surface area contributed by atoms with Gasteiger partial charge >= 0.3 is 0 Å². The van der Waals surface area contributed by atoms with E-state index < -0.39 is 11.7 Å². The van der Waals surface area contributed by atoms with Crippen LogP contribution in [0.25, 0.3) is 0 Å². The fourth-order valence-electron chi connectivity index (χ4n) is 2.90. The van der Waals surface area contributed by atoms with Crippen LogP contribution >= 0.6 is 0 Å². The minimum Gasteiger partial charge on any atom is -0.497 e. The number of aryl methyl sites for hydroxylation is 1. The lowest BCUT2D eigenvalue weighted by molar-refractivity contribution is -0.127. The summed E-state index contributed by atoms with van der Waals surface area (Å²) in [6.45, 7) is 2.27. The molecule has 3 rings (SSSR count). The number of carbonyl (C=O) groups excluding carboxylic acids is 2. The molecule has 0 saturated heterocycles. The Balaban J connectivity index is 1.84. The maximum Gasteiger partial charge on any atom is 0.295 e. The number of carbonyl (C=O) groups is 2. The Labute approximate surface area is 153 Å². The molecule has 1 saturated carbocycles. The second kappa shape index (κ2) is 7.60. The van der Waals surface area contributed by atoms with E-state index in [1.807, 2.05) is 37.3 Å². The number of hydrogen-bond donors (Lipinski definition) is 0. The molecule has 26 heavy (non-hydrogen) atoms. The summed E-state index contributed by atoms with van der Waals surface area (Å²) in [6.07, 6.45) is 1.83. The second-order valence-electron chi connectivity index (χ2n) is 6.54. The molecule has 5 heteroatoms. The maximum absolute atomic E-state index is 12.9. The van der Waals surface area contributed by atoms with Crippen LogP contribution in [0.1, 0.15) is 34.3 Å². The van der Waals surface area contributed by atoms with Gasteiger partial charge in [-0.05, 0) is 38.0 Å². The number of hydrogen-bond acceptors (Lipinski definition) is 4. The lowest BCUT2D eigenvalue weighted by Crippen LogP contribution is -2.38. The van der Waals surface area contributed by atoms with Crippen LogP contribution in [-0.2, 0) is 11.3 Å². The van der Waals surface area contributed by atoms with Crippen LogP contribution in [0.15, 0.2) is 42.5 Å². The molecule has 0 unspecified atom stereocenters. The van der Waals surface area contributed by atoms with E-state index in [9.17, 15) is 9.59 Å². The molecule has 2 aromatic carbocycles. The van der Waals surface area contributed by atoms with Crippen molar-refractivity contribution in [3.8, 4) is 11.5 Å². The van der Waals surface area contributed by atoms with Crippen molar-refractivity contribution in [1.29, 1.82) is 0 Å². The minimum atomic E-state index is -0.473. The van der Waals surface area contributed by atoms with Gasteiger partial charge in [-0.2, -0.15) is 0 Å². The standard InChI is InChI=1S/C21H23NO4/c1-14-4-6-15(7-5-14)20(23)21(24)22(17-8-9-17)13-16-12-18(25-2)10-11-19(16)26-3/h4-7,10-12,17H,8-9,13H2,1-3H3. The van der Waals surface area contributed by atoms with Crippen molar-refractivity contribution in [2.24, 2.45) is 0 Å². The van der Waals surface area contributed by atoms with Gasteiger partial charge in [-0.15, -0.1) is 0 Å². The van der Waals surface area contributed by atoms with Crippen LogP contribution in [0.4, 0.5) is 0 Å². The molecular weight excluding hydrogens is 330 g/mol. The van der Waals surface area contributed by atoms with Gasteiger partial charge in [-0.1, -0.05) is 29.8 Å². The molecule has 1 fully saturated rings. The van der Waals surface area contributed by atoms with Gasteiger partial charge in [-0.3, -0.25) is 9.59 Å². The van der Waals surface area contributed by atoms with Crippen LogP contribution in [-0.4, -0.2) is 36.9 Å². The number of ether oxygens (including phenoxy) is 2. The smallest absolute Gasteiger partial charge is 0.295 e. The van der Waals surface area contributed by atoms with Crippen molar-refractivity contribution in [3.05, 3.63) is 59.2 Å². The topological polar surface area (TPSA) is 55.8 Å². The highest BCUT2D eigenvalue weighted by Crippen LogP contribution is 2.32. The highest BCUT2D eigenvalue weighted by Gasteiger charge is 2.36. The highest BCUT2D eigenvalue weighted by molar-refractivity contribution is 6.42. The zero-order chi connectivity index (χ0) is 18.7. The molecule has 0 heterocycles. The molecule has 1 amide bonds. The Morgan fingerprint density at radius 3 is 2.31 bits per heavy atom. The average Bonchev–Trinajstić information content (AvgIpc) is 3.50. The van der Waals surface area contributed by atoms with Crippen LogP contribution in [0.3, 0.4) is 0 Å². The first-order valence-corrected chi connectivity index (χ1v) is 8.66. The summed E-state index contributed by atoms with van der Waals surface area (Å²) in [5.74, 6) is 0.417. The van der Waals surface area contributed by atoms with E-state index in [1.54, 1.807) is 31.3 Å². The Morgan fingerprint density at radius 1 is 1.04 bits per heavy atom. The van der Waals surface area contributed by atoms with Crippen molar-refractivity contribution < 1.29 is 19.1 Å². The molecule has 0 aromatic heterocycles. The molecule has 136 valence electrons. The monoisotopic (exact) mass is 353 g/mol. The first kappa shape index (κ1) is 18.0. The van der Waals surface area contributed by atoms with Gasteiger partial charge in [0.2, 0.25) is 5.78 Å². The summed E-state index contributed by atoms with van der Waals surface area (Å²) in [5.41, 5.74) is 2.29. The lowest BCUT2D eigenvalue weighted by atomic mass is 10.1. The van der Waals surface area contributed by atoms with Crippen molar-refractivity contribution in [2.45, 2.75) is 32.4 Å². The molecule has 0 atom stereocenters. The van der Waals surface area contributed by atoms with Gasteiger partial charge in [0.15, 0.2) is 0 Å². The van der Waals surface area contributed by atoms with E-state index in [1.165, 1.54) is 0 Å². The van der Waals surface area contributed by atoms with E-state index in [0.717, 1.165) is 24.0 Å². The van der Waals surface area contributed by atoms with Crippen molar-refractivity contribution in [3.63, 3.8) is 0 Å². The zero-order valence-corrected chi connectivity index (χ0v) is 15.3. The molecular formula is C21H23NO4. The molecule has 0 radical (unpaired) electrons. The average molecular weight is 353 g/mol. The van der Waals surface area contributed by atoms with Gasteiger partial charge in [0.1, 0.15) is 11.5 Å². The van der Waals surface area contributed by atoms with Gasteiger partial charge in [0, 0.05) is 17.2 Å².